The Morgan fingerprint density at radius 2 is 2.15 bits per heavy atom. The minimum Gasteiger partial charge on any atom is -0.482 e. The first-order valence-corrected chi connectivity index (χ1v) is 8.20. The van der Waals surface area contributed by atoms with Crippen LogP contribution in [0.2, 0.25) is 0 Å². The van der Waals surface area contributed by atoms with Crippen LogP contribution in [0.4, 0.5) is 0 Å². The number of hydrogen-bond donors (Lipinski definition) is 0. The number of benzene rings is 1. The van der Waals surface area contributed by atoms with Crippen molar-refractivity contribution in [2.24, 2.45) is 0 Å². The Bertz CT molecular complexity index is 712. The van der Waals surface area contributed by atoms with Crippen LogP contribution in [0.25, 0.3) is 0 Å². The maximum Gasteiger partial charge on any atom is 0.264 e. The van der Waals surface area contributed by atoms with Crippen molar-refractivity contribution in [2.75, 3.05) is 0 Å². The summed E-state index contributed by atoms with van der Waals surface area (Å²) >= 11 is 0. The average Bonchev–Trinajstić information content (AvgIpc) is 2.84. The van der Waals surface area contributed by atoms with Gasteiger partial charge < -0.3 is 9.26 Å². The van der Waals surface area contributed by atoms with E-state index in [1.54, 1.807) is 19.1 Å². The molecule has 0 amide bonds. The monoisotopic (exact) mass is 316 g/mol. The van der Waals surface area contributed by atoms with Gasteiger partial charge in [-0.15, -0.1) is 0 Å². The van der Waals surface area contributed by atoms with Crippen LogP contribution >= 0.6 is 10.7 Å². The molecule has 0 N–H and O–H groups in total. The molecule has 6 nitrogen and oxygen atoms in total. The smallest absolute Gasteiger partial charge is 0.264 e. The maximum atomic E-state index is 11.5. The van der Waals surface area contributed by atoms with Crippen molar-refractivity contribution in [3.63, 3.8) is 0 Å². The fourth-order valence-electron chi connectivity index (χ4n) is 1.56. The lowest BCUT2D eigenvalue weighted by molar-refractivity contribution is 0.237. The number of nitrogens with zero attached hydrogens (tertiary/aromatic N) is 2. The highest BCUT2D eigenvalue weighted by Gasteiger charge is 2.18. The van der Waals surface area contributed by atoms with E-state index >= 15 is 0 Å². The second kappa shape index (κ2) is 5.80. The van der Waals surface area contributed by atoms with Gasteiger partial charge in [-0.05, 0) is 24.6 Å². The predicted octanol–water partition coefficient (Wildman–Crippen LogP) is 2.45. The molecule has 0 unspecified atom stereocenters. The first-order chi connectivity index (χ1) is 9.40. The number of hydrogen-bond acceptors (Lipinski definition) is 6. The average molecular weight is 317 g/mol. The molecular weight excluding hydrogens is 304 g/mol. The van der Waals surface area contributed by atoms with Crippen molar-refractivity contribution >= 4 is 19.7 Å². The number of aromatic nitrogens is 2. The topological polar surface area (TPSA) is 82.3 Å². The van der Waals surface area contributed by atoms with Gasteiger partial charge >= 0.3 is 0 Å². The molecule has 0 aliphatic rings. The molecule has 0 bridgehead atoms. The fourth-order valence-corrected chi connectivity index (χ4v) is 2.61. The number of rotatable bonds is 5. The molecule has 8 heteroatoms. The number of ether oxygens (including phenoxy) is 1. The zero-order chi connectivity index (χ0) is 14.8. The van der Waals surface area contributed by atoms with Crippen molar-refractivity contribution in [2.45, 2.75) is 31.8 Å². The molecule has 0 fully saturated rings. The van der Waals surface area contributed by atoms with Gasteiger partial charge in [0.1, 0.15) is 10.6 Å². The van der Waals surface area contributed by atoms with Crippen molar-refractivity contribution < 1.29 is 17.7 Å². The summed E-state index contributed by atoms with van der Waals surface area (Å²) in [6.45, 7) is 3.64. The summed E-state index contributed by atoms with van der Waals surface area (Å²) in [5.41, 5.74) is 0.766. The Labute approximate surface area is 121 Å². The van der Waals surface area contributed by atoms with Crippen molar-refractivity contribution in [1.82, 2.24) is 10.1 Å². The van der Waals surface area contributed by atoms with Crippen LogP contribution in [0.1, 0.15) is 24.2 Å². The highest BCUT2D eigenvalue weighted by atomic mass is 35.7. The summed E-state index contributed by atoms with van der Waals surface area (Å²) in [5, 5.41) is 3.72. The molecule has 0 saturated heterocycles. The Kier molecular flexibility index (Phi) is 4.29. The summed E-state index contributed by atoms with van der Waals surface area (Å²) < 4.78 is 33.4. The van der Waals surface area contributed by atoms with E-state index in [-0.39, 0.29) is 23.1 Å². The van der Waals surface area contributed by atoms with Gasteiger partial charge in [-0.25, -0.2) is 8.42 Å². The van der Waals surface area contributed by atoms with Gasteiger partial charge in [-0.2, -0.15) is 4.98 Å². The van der Waals surface area contributed by atoms with E-state index in [1.165, 1.54) is 6.07 Å². The van der Waals surface area contributed by atoms with E-state index in [1.807, 2.05) is 6.92 Å². The van der Waals surface area contributed by atoms with E-state index in [0.29, 0.717) is 12.2 Å². The van der Waals surface area contributed by atoms with Crippen molar-refractivity contribution in [3.05, 3.63) is 35.5 Å². The Morgan fingerprint density at radius 3 is 2.75 bits per heavy atom. The summed E-state index contributed by atoms with van der Waals surface area (Å²) in [6, 6.07) is 4.72. The third kappa shape index (κ3) is 3.49. The van der Waals surface area contributed by atoms with Crippen LogP contribution in [-0.4, -0.2) is 18.6 Å². The maximum absolute atomic E-state index is 11.5. The first kappa shape index (κ1) is 14.8. The van der Waals surface area contributed by atoms with Crippen LogP contribution in [0.5, 0.6) is 5.75 Å². The third-order valence-corrected chi connectivity index (χ3v) is 3.88. The number of halogens is 1. The van der Waals surface area contributed by atoms with E-state index < -0.39 is 9.05 Å². The van der Waals surface area contributed by atoms with E-state index in [2.05, 4.69) is 10.1 Å². The summed E-state index contributed by atoms with van der Waals surface area (Å²) in [6.07, 6.45) is 0.648. The first-order valence-electron chi connectivity index (χ1n) is 5.89. The molecule has 1 aromatic heterocycles. The zero-order valence-corrected chi connectivity index (χ0v) is 12.5. The lowest BCUT2D eigenvalue weighted by atomic mass is 10.2. The molecule has 2 rings (SSSR count). The van der Waals surface area contributed by atoms with Crippen molar-refractivity contribution in [1.29, 1.82) is 0 Å². The lowest BCUT2D eigenvalue weighted by Crippen LogP contribution is -2.01. The number of aryl methyl sites for hydroxylation is 2. The van der Waals surface area contributed by atoms with Crippen LogP contribution in [-0.2, 0) is 22.1 Å². The minimum atomic E-state index is -3.88. The van der Waals surface area contributed by atoms with Crippen molar-refractivity contribution in [3.8, 4) is 5.75 Å². The van der Waals surface area contributed by atoms with E-state index in [0.717, 1.165) is 5.56 Å². The largest absolute Gasteiger partial charge is 0.482 e. The molecule has 0 aliphatic heterocycles. The van der Waals surface area contributed by atoms with Gasteiger partial charge in [0.2, 0.25) is 0 Å². The molecule has 0 saturated carbocycles. The van der Waals surface area contributed by atoms with Gasteiger partial charge in [0.05, 0.1) is 0 Å². The molecule has 20 heavy (non-hydrogen) atoms. The van der Waals surface area contributed by atoms with Crippen LogP contribution in [0.3, 0.4) is 0 Å². The molecule has 0 radical (unpaired) electrons. The van der Waals surface area contributed by atoms with Gasteiger partial charge in [0, 0.05) is 17.1 Å². The molecule has 1 heterocycles. The highest BCUT2D eigenvalue weighted by molar-refractivity contribution is 8.13. The fraction of sp³-hybridized carbons (Fsp3) is 0.333. The van der Waals surface area contributed by atoms with Crippen LogP contribution in [0.15, 0.2) is 27.6 Å². The van der Waals surface area contributed by atoms with E-state index in [9.17, 15) is 8.42 Å². The second-order valence-electron chi connectivity index (χ2n) is 4.13. The molecule has 2 aromatic rings. The predicted molar refractivity (Wildman–Crippen MR) is 72.2 cm³/mol. The third-order valence-electron chi connectivity index (χ3n) is 2.54. The standard InChI is InChI=1S/C12H13ClN2O4S/c1-3-11-14-12(19-15-11)7-18-9-5-4-8(2)6-10(9)20(13,16)17/h4-6H,3,7H2,1-2H3. The molecular formula is C12H13ClN2O4S. The van der Waals surface area contributed by atoms with Gasteiger partial charge in [0.25, 0.3) is 14.9 Å². The quantitative estimate of drug-likeness (QED) is 0.788. The van der Waals surface area contributed by atoms with Gasteiger partial charge in [-0.1, -0.05) is 18.1 Å². The Balaban J connectivity index is 2.21. The SMILES string of the molecule is CCc1noc(COc2ccc(C)cc2S(=O)(=O)Cl)n1. The Hall–Kier alpha value is -1.60. The molecule has 0 atom stereocenters. The highest BCUT2D eigenvalue weighted by Crippen LogP contribution is 2.28. The van der Waals surface area contributed by atoms with E-state index in [4.69, 9.17) is 19.9 Å². The molecule has 1 aromatic carbocycles. The summed E-state index contributed by atoms with van der Waals surface area (Å²) in [4.78, 5) is 3.99. The second-order valence-corrected chi connectivity index (χ2v) is 6.67. The van der Waals surface area contributed by atoms with Crippen LogP contribution < -0.4 is 4.74 Å². The van der Waals surface area contributed by atoms with Crippen LogP contribution in [0, 0.1) is 6.92 Å². The molecule has 0 aliphatic carbocycles. The minimum absolute atomic E-state index is 0.0184. The normalized spacial score (nSPS) is 11.6. The Morgan fingerprint density at radius 1 is 1.40 bits per heavy atom. The van der Waals surface area contributed by atoms with Gasteiger partial charge in [-0.3, -0.25) is 0 Å². The molecule has 108 valence electrons. The van der Waals surface area contributed by atoms with Gasteiger partial charge in [0.15, 0.2) is 12.4 Å². The molecule has 0 spiro atoms. The summed E-state index contributed by atoms with van der Waals surface area (Å²) in [5.74, 6) is 1.000. The lowest BCUT2D eigenvalue weighted by Gasteiger charge is -2.08. The summed E-state index contributed by atoms with van der Waals surface area (Å²) in [7, 11) is 1.51. The zero-order valence-electron chi connectivity index (χ0n) is 11.0.